The first-order valence-corrected chi connectivity index (χ1v) is 13.2. The number of nitrogens with two attached hydrogens (primary N) is 1. The Bertz CT molecular complexity index is 1740. The highest BCUT2D eigenvalue weighted by Crippen LogP contribution is 2.40. The molecule has 1 amide bonds. The number of hydrogen-bond acceptors (Lipinski definition) is 4. The number of carbonyl (C=O) groups excluding carboxylic acids is 1. The number of H-pyrrole nitrogens is 1. The molecule has 3 aromatic heterocycles. The topological polar surface area (TPSA) is 97.8 Å². The third-order valence-corrected chi connectivity index (χ3v) is 8.93. The number of likely N-dealkylation sites (tertiary alicyclic amines) is 1. The first-order chi connectivity index (χ1) is 18.0. The Balaban J connectivity index is 1.27. The number of aromatic nitrogens is 5. The quantitative estimate of drug-likeness (QED) is 0.389. The van der Waals surface area contributed by atoms with E-state index < -0.39 is 5.82 Å². The molecule has 8 nitrogen and oxygen atoms in total. The Morgan fingerprint density at radius 2 is 1.97 bits per heavy atom. The number of piperidine rings is 1. The lowest BCUT2D eigenvalue weighted by Crippen LogP contribution is -2.41. The Morgan fingerprint density at radius 3 is 2.73 bits per heavy atom. The summed E-state index contributed by atoms with van der Waals surface area (Å²) in [6.45, 7) is 1.53. The van der Waals surface area contributed by atoms with Gasteiger partial charge < -0.3 is 19.8 Å². The van der Waals surface area contributed by atoms with E-state index in [2.05, 4.69) is 33.0 Å². The molecule has 2 saturated carbocycles. The number of nitrogens with one attached hydrogen (secondary N) is 1. The second-order valence-electron chi connectivity index (χ2n) is 11.2. The van der Waals surface area contributed by atoms with Crippen LogP contribution in [0.2, 0.25) is 0 Å². The van der Waals surface area contributed by atoms with E-state index in [1.807, 2.05) is 22.7 Å². The van der Waals surface area contributed by atoms with Gasteiger partial charge in [-0.25, -0.2) is 9.37 Å². The maximum Gasteiger partial charge on any atom is 0.254 e. The highest BCUT2D eigenvalue weighted by atomic mass is 19.1. The lowest BCUT2D eigenvalue weighted by atomic mass is 10.1. The van der Waals surface area contributed by atoms with Crippen LogP contribution in [-0.4, -0.2) is 53.8 Å². The summed E-state index contributed by atoms with van der Waals surface area (Å²) in [7, 11) is 1.85. The van der Waals surface area contributed by atoms with E-state index in [0.29, 0.717) is 40.8 Å². The van der Waals surface area contributed by atoms with Gasteiger partial charge in [-0.3, -0.25) is 9.89 Å². The smallest absolute Gasteiger partial charge is 0.254 e. The summed E-state index contributed by atoms with van der Waals surface area (Å²) in [4.78, 5) is 20.1. The number of carbonyl (C=O) groups is 1. The molecule has 3 fully saturated rings. The first-order valence-electron chi connectivity index (χ1n) is 13.2. The van der Waals surface area contributed by atoms with Crippen molar-refractivity contribution in [3.05, 3.63) is 47.9 Å². The summed E-state index contributed by atoms with van der Waals surface area (Å²) < 4.78 is 19.7. The van der Waals surface area contributed by atoms with E-state index in [1.54, 1.807) is 6.07 Å². The van der Waals surface area contributed by atoms with Crippen molar-refractivity contribution in [1.82, 2.24) is 29.2 Å². The Labute approximate surface area is 212 Å². The Hall–Kier alpha value is -3.72. The van der Waals surface area contributed by atoms with Gasteiger partial charge in [-0.2, -0.15) is 5.10 Å². The monoisotopic (exact) mass is 497 g/mol. The summed E-state index contributed by atoms with van der Waals surface area (Å²) in [5, 5.41) is 9.57. The van der Waals surface area contributed by atoms with Gasteiger partial charge in [-0.15, -0.1) is 0 Å². The van der Waals surface area contributed by atoms with Gasteiger partial charge in [0.25, 0.3) is 5.91 Å². The van der Waals surface area contributed by atoms with E-state index in [-0.39, 0.29) is 18.0 Å². The summed E-state index contributed by atoms with van der Waals surface area (Å²) >= 11 is 0. The van der Waals surface area contributed by atoms with Gasteiger partial charge in [0.05, 0.1) is 28.4 Å². The number of rotatable bonds is 4. The number of nitrogens with zero attached hydrogens (tertiary/aromatic N) is 5. The molecule has 2 aromatic carbocycles. The highest BCUT2D eigenvalue weighted by molar-refractivity contribution is 6.05. The summed E-state index contributed by atoms with van der Waals surface area (Å²) in [6.07, 6.45) is 6.24. The molecule has 0 radical (unpaired) electrons. The normalized spacial score (nSPS) is 23.3. The molecule has 1 aliphatic heterocycles. The Morgan fingerprint density at radius 1 is 1.14 bits per heavy atom. The summed E-state index contributed by atoms with van der Waals surface area (Å²) in [5.41, 5.74) is 10.6. The lowest BCUT2D eigenvalue weighted by molar-refractivity contribution is 0.0700. The molecule has 37 heavy (non-hydrogen) atoms. The molecule has 0 unspecified atom stereocenters. The average molecular weight is 498 g/mol. The standard InChI is InChI=1S/C28H28FN7O/c1-34-26-19(29)8-18(28(37)36-13-17-6-7-21(36)23(17)30)9-20(26)32-27(34)22-10-15-4-5-16-11-31-33-24(16)25(15)35(22)12-14-2-3-14/h4-5,8-11,14,17,21,23H,2-3,6-7,12-13,30H2,1H3,(H,31,33)/t17-,21-,23-/m1/s1. The van der Waals surface area contributed by atoms with Crippen LogP contribution in [0, 0.1) is 17.7 Å². The third kappa shape index (κ3) is 3.00. The van der Waals surface area contributed by atoms with E-state index >= 15 is 4.39 Å². The number of amides is 1. The zero-order valence-corrected chi connectivity index (χ0v) is 20.6. The molecule has 5 aromatic rings. The zero-order valence-electron chi connectivity index (χ0n) is 20.6. The molecule has 9 heteroatoms. The van der Waals surface area contributed by atoms with Crippen LogP contribution in [0.1, 0.15) is 36.0 Å². The molecule has 3 atom stereocenters. The van der Waals surface area contributed by atoms with Crippen molar-refractivity contribution in [2.24, 2.45) is 24.6 Å². The van der Waals surface area contributed by atoms with Gasteiger partial charge in [0.15, 0.2) is 5.82 Å². The first kappa shape index (κ1) is 21.4. The highest BCUT2D eigenvalue weighted by Gasteiger charge is 2.47. The van der Waals surface area contributed by atoms with Crippen molar-refractivity contribution >= 4 is 38.7 Å². The van der Waals surface area contributed by atoms with E-state index in [9.17, 15) is 4.79 Å². The maximum absolute atomic E-state index is 15.6. The van der Waals surface area contributed by atoms with Crippen molar-refractivity contribution in [2.75, 3.05) is 6.54 Å². The van der Waals surface area contributed by atoms with Crippen LogP contribution in [0.25, 0.3) is 44.4 Å². The van der Waals surface area contributed by atoms with Gasteiger partial charge in [-0.05, 0) is 55.7 Å². The summed E-state index contributed by atoms with van der Waals surface area (Å²) in [6, 6.07) is 9.47. The van der Waals surface area contributed by atoms with Gasteiger partial charge in [0.1, 0.15) is 11.3 Å². The molecule has 4 heterocycles. The predicted octanol–water partition coefficient (Wildman–Crippen LogP) is 4.18. The fourth-order valence-electron chi connectivity index (χ4n) is 6.80. The third-order valence-electron chi connectivity index (χ3n) is 8.93. The van der Waals surface area contributed by atoms with Crippen LogP contribution >= 0.6 is 0 Å². The molecular formula is C28H28FN7O. The van der Waals surface area contributed by atoms with Gasteiger partial charge in [0, 0.05) is 48.6 Å². The SMILES string of the molecule is Cn1c(-c2cc3ccc4cn[nH]c4c3n2CC2CC2)nc2cc(C(=O)N3C[C@H]4CC[C@@H]3[C@@H]4N)cc(F)c21. The van der Waals surface area contributed by atoms with Crippen molar-refractivity contribution in [2.45, 2.75) is 44.3 Å². The van der Waals surface area contributed by atoms with Crippen molar-refractivity contribution in [3.8, 4) is 11.5 Å². The van der Waals surface area contributed by atoms with Gasteiger partial charge in [0.2, 0.25) is 0 Å². The van der Waals surface area contributed by atoms with Crippen molar-refractivity contribution < 1.29 is 9.18 Å². The molecule has 8 rings (SSSR count). The molecule has 2 aliphatic carbocycles. The minimum absolute atomic E-state index is 0.0219. The van der Waals surface area contributed by atoms with Crippen molar-refractivity contribution in [3.63, 3.8) is 0 Å². The van der Waals surface area contributed by atoms with E-state index in [1.165, 1.54) is 18.9 Å². The molecule has 3 aliphatic rings. The molecule has 0 spiro atoms. The van der Waals surface area contributed by atoms with Gasteiger partial charge in [-0.1, -0.05) is 12.1 Å². The largest absolute Gasteiger partial charge is 0.336 e. The van der Waals surface area contributed by atoms with Crippen LogP contribution in [0.4, 0.5) is 4.39 Å². The number of halogens is 1. The van der Waals surface area contributed by atoms with Crippen LogP contribution in [-0.2, 0) is 13.6 Å². The number of aromatic amines is 1. The number of fused-ring (bicyclic) bond motifs is 6. The number of imidazole rings is 1. The molecular weight excluding hydrogens is 469 g/mol. The predicted molar refractivity (Wildman–Crippen MR) is 140 cm³/mol. The molecule has 2 bridgehead atoms. The summed E-state index contributed by atoms with van der Waals surface area (Å²) in [5.74, 6) is 1.08. The zero-order chi connectivity index (χ0) is 25.0. The molecule has 1 saturated heterocycles. The average Bonchev–Trinajstić information content (AvgIpc) is 3.22. The van der Waals surface area contributed by atoms with Gasteiger partial charge >= 0.3 is 0 Å². The minimum atomic E-state index is -0.434. The second kappa shape index (κ2) is 7.41. The minimum Gasteiger partial charge on any atom is -0.336 e. The van der Waals surface area contributed by atoms with E-state index in [0.717, 1.165) is 46.9 Å². The van der Waals surface area contributed by atoms with E-state index in [4.69, 9.17) is 10.7 Å². The molecule has 3 N–H and O–H groups in total. The fraction of sp³-hybridized carbons (Fsp3) is 0.393. The van der Waals surface area contributed by atoms with Crippen LogP contribution in [0.5, 0.6) is 0 Å². The van der Waals surface area contributed by atoms with Crippen LogP contribution < -0.4 is 5.73 Å². The molecule has 188 valence electrons. The number of hydrogen-bond donors (Lipinski definition) is 2. The fourth-order valence-corrected chi connectivity index (χ4v) is 6.80. The van der Waals surface area contributed by atoms with Crippen LogP contribution in [0.15, 0.2) is 36.5 Å². The maximum atomic E-state index is 15.6. The van der Waals surface area contributed by atoms with Crippen LogP contribution in [0.3, 0.4) is 0 Å². The second-order valence-corrected chi connectivity index (χ2v) is 11.2. The van der Waals surface area contributed by atoms with Crippen molar-refractivity contribution in [1.29, 1.82) is 0 Å². The Kier molecular flexibility index (Phi) is 4.28. The number of aryl methyl sites for hydroxylation is 1. The lowest BCUT2D eigenvalue weighted by Gasteiger charge is -2.27. The number of benzene rings is 2.